The quantitative estimate of drug-likeness (QED) is 0.822. The molecule has 0 aliphatic carbocycles. The van der Waals surface area contributed by atoms with E-state index in [9.17, 15) is 18.0 Å². The van der Waals surface area contributed by atoms with E-state index in [4.69, 9.17) is 0 Å². The SMILES string of the molecule is O=c1ccc(Br)cn1Cc1cccc(C(F)(F)F)c1. The highest BCUT2D eigenvalue weighted by Gasteiger charge is 2.30. The normalized spacial score (nSPS) is 11.6. The zero-order valence-electron chi connectivity index (χ0n) is 9.62. The number of halogens is 4. The predicted molar refractivity (Wildman–Crippen MR) is 68.9 cm³/mol. The maximum Gasteiger partial charge on any atom is 0.416 e. The van der Waals surface area contributed by atoms with E-state index in [2.05, 4.69) is 15.9 Å². The van der Waals surface area contributed by atoms with Crippen molar-refractivity contribution in [2.45, 2.75) is 12.7 Å². The third-order valence-electron chi connectivity index (χ3n) is 2.55. The number of alkyl halides is 3. The molecule has 19 heavy (non-hydrogen) atoms. The second-order valence-corrected chi connectivity index (χ2v) is 4.93. The van der Waals surface area contributed by atoms with Gasteiger partial charge in [-0.05, 0) is 39.7 Å². The third kappa shape index (κ3) is 3.47. The first-order chi connectivity index (χ1) is 8.86. The molecule has 1 heterocycles. The number of benzene rings is 1. The minimum absolute atomic E-state index is 0.0994. The van der Waals surface area contributed by atoms with Gasteiger partial charge < -0.3 is 4.57 Å². The highest BCUT2D eigenvalue weighted by atomic mass is 79.9. The maximum absolute atomic E-state index is 12.6. The monoisotopic (exact) mass is 331 g/mol. The molecule has 0 spiro atoms. The van der Waals surface area contributed by atoms with Gasteiger partial charge in [-0.2, -0.15) is 13.2 Å². The van der Waals surface area contributed by atoms with Gasteiger partial charge in [-0.25, -0.2) is 0 Å². The lowest BCUT2D eigenvalue weighted by molar-refractivity contribution is -0.137. The number of hydrogen-bond acceptors (Lipinski definition) is 1. The lowest BCUT2D eigenvalue weighted by Crippen LogP contribution is -2.19. The lowest BCUT2D eigenvalue weighted by Gasteiger charge is -2.10. The summed E-state index contributed by atoms with van der Waals surface area (Å²) in [5, 5.41) is 0. The van der Waals surface area contributed by atoms with Gasteiger partial charge in [0.05, 0.1) is 12.1 Å². The molecule has 0 unspecified atom stereocenters. The van der Waals surface area contributed by atoms with Gasteiger partial charge in [-0.3, -0.25) is 4.79 Å². The van der Waals surface area contributed by atoms with Crippen LogP contribution >= 0.6 is 15.9 Å². The molecule has 0 amide bonds. The molecule has 0 radical (unpaired) electrons. The van der Waals surface area contributed by atoms with Crippen LogP contribution in [-0.4, -0.2) is 4.57 Å². The summed E-state index contributed by atoms with van der Waals surface area (Å²) >= 11 is 3.22. The van der Waals surface area contributed by atoms with Crippen LogP contribution in [0.4, 0.5) is 13.2 Å². The molecule has 0 saturated carbocycles. The summed E-state index contributed by atoms with van der Waals surface area (Å²) in [6.07, 6.45) is -2.83. The van der Waals surface area contributed by atoms with Crippen molar-refractivity contribution in [1.29, 1.82) is 0 Å². The van der Waals surface area contributed by atoms with Crippen LogP contribution in [0.2, 0.25) is 0 Å². The second kappa shape index (κ2) is 5.21. The van der Waals surface area contributed by atoms with E-state index >= 15 is 0 Å². The molecule has 100 valence electrons. The molecular formula is C13H9BrF3NO. The van der Waals surface area contributed by atoms with Crippen molar-refractivity contribution < 1.29 is 13.2 Å². The van der Waals surface area contributed by atoms with Crippen molar-refractivity contribution in [1.82, 2.24) is 4.57 Å². The van der Waals surface area contributed by atoms with Crippen LogP contribution in [0.1, 0.15) is 11.1 Å². The summed E-state index contributed by atoms with van der Waals surface area (Å²) in [6.45, 7) is 0.0994. The topological polar surface area (TPSA) is 22.0 Å². The molecule has 1 aromatic heterocycles. The number of aromatic nitrogens is 1. The highest BCUT2D eigenvalue weighted by molar-refractivity contribution is 9.10. The highest BCUT2D eigenvalue weighted by Crippen LogP contribution is 2.29. The molecule has 2 aromatic rings. The lowest BCUT2D eigenvalue weighted by atomic mass is 10.1. The van der Waals surface area contributed by atoms with Gasteiger partial charge in [0.25, 0.3) is 5.56 Å². The average Bonchev–Trinajstić information content (AvgIpc) is 2.33. The minimum Gasteiger partial charge on any atom is -0.310 e. The Kier molecular flexibility index (Phi) is 3.80. The summed E-state index contributed by atoms with van der Waals surface area (Å²) in [5.74, 6) is 0. The smallest absolute Gasteiger partial charge is 0.310 e. The Bertz CT molecular complexity index is 649. The molecule has 0 N–H and O–H groups in total. The standard InChI is InChI=1S/C13H9BrF3NO/c14-11-4-5-12(19)18(8-11)7-9-2-1-3-10(6-9)13(15,16)17/h1-6,8H,7H2. The second-order valence-electron chi connectivity index (χ2n) is 4.01. The fraction of sp³-hybridized carbons (Fsp3) is 0.154. The summed E-state index contributed by atoms with van der Waals surface area (Å²) in [5.41, 5.74) is -0.552. The van der Waals surface area contributed by atoms with Gasteiger partial charge in [0.2, 0.25) is 0 Å². The largest absolute Gasteiger partial charge is 0.416 e. The fourth-order valence-electron chi connectivity index (χ4n) is 1.67. The zero-order valence-corrected chi connectivity index (χ0v) is 11.2. The number of nitrogens with zero attached hydrogens (tertiary/aromatic N) is 1. The van der Waals surface area contributed by atoms with Crippen LogP contribution in [0.15, 0.2) is 51.9 Å². The van der Waals surface area contributed by atoms with Gasteiger partial charge in [-0.1, -0.05) is 12.1 Å². The van der Waals surface area contributed by atoms with Gasteiger partial charge in [0.1, 0.15) is 0 Å². The van der Waals surface area contributed by atoms with Gasteiger partial charge in [0, 0.05) is 16.7 Å². The van der Waals surface area contributed by atoms with Crippen LogP contribution in [0.3, 0.4) is 0 Å². The van der Waals surface area contributed by atoms with Crippen molar-refractivity contribution >= 4 is 15.9 Å². The summed E-state index contributed by atoms with van der Waals surface area (Å²) in [4.78, 5) is 11.6. The summed E-state index contributed by atoms with van der Waals surface area (Å²) in [7, 11) is 0. The Balaban J connectivity index is 2.34. The van der Waals surface area contributed by atoms with Crippen LogP contribution in [0.25, 0.3) is 0 Å². The molecule has 2 rings (SSSR count). The fourth-order valence-corrected chi connectivity index (χ4v) is 2.05. The van der Waals surface area contributed by atoms with Gasteiger partial charge >= 0.3 is 6.18 Å². The molecule has 1 aromatic carbocycles. The molecule has 0 saturated heterocycles. The Morgan fingerprint density at radius 3 is 2.58 bits per heavy atom. The Hall–Kier alpha value is -1.56. The van der Waals surface area contributed by atoms with Crippen molar-refractivity contribution in [3.8, 4) is 0 Å². The summed E-state index contributed by atoms with van der Waals surface area (Å²) < 4.78 is 39.8. The Labute approximate surface area is 115 Å². The number of hydrogen-bond donors (Lipinski definition) is 0. The van der Waals surface area contributed by atoms with E-state index in [1.165, 1.54) is 16.7 Å². The number of rotatable bonds is 2. The Morgan fingerprint density at radius 1 is 1.16 bits per heavy atom. The molecule has 0 atom stereocenters. The van der Waals surface area contributed by atoms with Crippen molar-refractivity contribution in [3.63, 3.8) is 0 Å². The van der Waals surface area contributed by atoms with E-state index in [1.54, 1.807) is 18.3 Å². The average molecular weight is 332 g/mol. The van der Waals surface area contributed by atoms with Crippen LogP contribution in [0, 0.1) is 0 Å². The predicted octanol–water partition coefficient (Wildman–Crippen LogP) is 3.68. The molecule has 0 aliphatic heterocycles. The van der Waals surface area contributed by atoms with Gasteiger partial charge in [-0.15, -0.1) is 0 Å². The molecular weight excluding hydrogens is 323 g/mol. The molecule has 0 aliphatic rings. The van der Waals surface area contributed by atoms with Crippen LogP contribution in [0.5, 0.6) is 0 Å². The van der Waals surface area contributed by atoms with Crippen molar-refractivity contribution in [3.05, 3.63) is 68.5 Å². The van der Waals surface area contributed by atoms with Crippen molar-refractivity contribution in [2.75, 3.05) is 0 Å². The number of pyridine rings is 1. The van der Waals surface area contributed by atoms with Crippen LogP contribution in [-0.2, 0) is 12.7 Å². The van der Waals surface area contributed by atoms with E-state index < -0.39 is 11.7 Å². The minimum atomic E-state index is -4.38. The van der Waals surface area contributed by atoms with Gasteiger partial charge in [0.15, 0.2) is 0 Å². The van der Waals surface area contributed by atoms with E-state index in [0.717, 1.165) is 12.1 Å². The zero-order chi connectivity index (χ0) is 14.0. The Morgan fingerprint density at radius 2 is 1.89 bits per heavy atom. The van der Waals surface area contributed by atoms with E-state index in [1.807, 2.05) is 0 Å². The van der Waals surface area contributed by atoms with Crippen LogP contribution < -0.4 is 5.56 Å². The maximum atomic E-state index is 12.6. The molecule has 0 bridgehead atoms. The van der Waals surface area contributed by atoms with E-state index in [0.29, 0.717) is 10.0 Å². The molecule has 2 nitrogen and oxygen atoms in total. The third-order valence-corrected chi connectivity index (χ3v) is 3.02. The first-order valence-electron chi connectivity index (χ1n) is 5.38. The molecule has 6 heteroatoms. The van der Waals surface area contributed by atoms with E-state index in [-0.39, 0.29) is 12.1 Å². The van der Waals surface area contributed by atoms with Crippen molar-refractivity contribution in [2.24, 2.45) is 0 Å². The first-order valence-corrected chi connectivity index (χ1v) is 6.18. The molecule has 0 fully saturated rings. The first kappa shape index (κ1) is 13.9. The summed E-state index contributed by atoms with van der Waals surface area (Å²) in [6, 6.07) is 7.90.